The van der Waals surface area contributed by atoms with Gasteiger partial charge in [-0.2, -0.15) is 0 Å². The molecule has 0 unspecified atom stereocenters. The van der Waals surface area contributed by atoms with Crippen LogP contribution in [0.15, 0.2) is 24.3 Å². The van der Waals surface area contributed by atoms with Gasteiger partial charge >= 0.3 is 0 Å². The SMILES string of the molecule is O=C(CN(Cc1ccccc1F)C(=O)[C@@H]1CSC(=O)C1)NC1CCCCC1. The lowest BCUT2D eigenvalue weighted by Gasteiger charge is -2.27. The van der Waals surface area contributed by atoms with Crippen molar-refractivity contribution < 1.29 is 18.8 Å². The van der Waals surface area contributed by atoms with Gasteiger partial charge in [0.05, 0.1) is 12.5 Å². The molecule has 1 atom stereocenters. The zero-order chi connectivity index (χ0) is 19.2. The van der Waals surface area contributed by atoms with Crippen molar-refractivity contribution >= 4 is 28.7 Å². The summed E-state index contributed by atoms with van der Waals surface area (Å²) in [6.07, 6.45) is 5.50. The van der Waals surface area contributed by atoms with Crippen LogP contribution in [0.5, 0.6) is 0 Å². The molecule has 1 N–H and O–H groups in total. The molecule has 1 aliphatic heterocycles. The topological polar surface area (TPSA) is 66.5 Å². The van der Waals surface area contributed by atoms with Gasteiger partial charge in [0.15, 0.2) is 5.12 Å². The van der Waals surface area contributed by atoms with Crippen molar-refractivity contribution in [3.05, 3.63) is 35.6 Å². The Labute approximate surface area is 163 Å². The molecule has 2 fully saturated rings. The second kappa shape index (κ2) is 9.35. The van der Waals surface area contributed by atoms with Crippen molar-refractivity contribution in [1.29, 1.82) is 0 Å². The fraction of sp³-hybridized carbons (Fsp3) is 0.550. The monoisotopic (exact) mass is 392 g/mol. The van der Waals surface area contributed by atoms with Crippen LogP contribution in [0.1, 0.15) is 44.1 Å². The highest BCUT2D eigenvalue weighted by molar-refractivity contribution is 8.14. The molecule has 3 rings (SSSR count). The second-order valence-electron chi connectivity index (χ2n) is 7.27. The van der Waals surface area contributed by atoms with Crippen molar-refractivity contribution in [3.63, 3.8) is 0 Å². The van der Waals surface area contributed by atoms with E-state index in [1.807, 2.05) is 0 Å². The molecule has 1 saturated heterocycles. The average Bonchev–Trinajstić information content (AvgIpc) is 3.09. The molecule has 7 heteroatoms. The van der Waals surface area contributed by atoms with E-state index in [9.17, 15) is 18.8 Å². The van der Waals surface area contributed by atoms with Crippen LogP contribution in [0.2, 0.25) is 0 Å². The second-order valence-corrected chi connectivity index (χ2v) is 8.35. The van der Waals surface area contributed by atoms with E-state index in [1.54, 1.807) is 18.2 Å². The van der Waals surface area contributed by atoms with Gasteiger partial charge < -0.3 is 10.2 Å². The van der Waals surface area contributed by atoms with E-state index in [-0.39, 0.29) is 42.5 Å². The zero-order valence-corrected chi connectivity index (χ0v) is 16.1. The number of benzene rings is 1. The Hall–Kier alpha value is -1.89. The molecule has 0 bridgehead atoms. The third-order valence-electron chi connectivity index (χ3n) is 5.14. The van der Waals surface area contributed by atoms with Gasteiger partial charge in [0, 0.05) is 30.3 Å². The number of halogens is 1. The minimum Gasteiger partial charge on any atom is -0.352 e. The highest BCUT2D eigenvalue weighted by atomic mass is 32.2. The molecule has 0 radical (unpaired) electrons. The first-order chi connectivity index (χ1) is 13.0. The predicted octanol–water partition coefficient (Wildman–Crippen LogP) is 2.88. The average molecular weight is 392 g/mol. The molecule has 1 heterocycles. The van der Waals surface area contributed by atoms with Gasteiger partial charge in [-0.1, -0.05) is 49.2 Å². The summed E-state index contributed by atoms with van der Waals surface area (Å²) in [5, 5.41) is 3.00. The Morgan fingerprint density at radius 1 is 1.19 bits per heavy atom. The van der Waals surface area contributed by atoms with Crippen molar-refractivity contribution in [1.82, 2.24) is 10.2 Å². The Bertz CT molecular complexity index is 706. The van der Waals surface area contributed by atoms with Gasteiger partial charge in [0.1, 0.15) is 5.82 Å². The maximum atomic E-state index is 14.1. The Kier molecular flexibility index (Phi) is 6.88. The molecule has 1 saturated carbocycles. The van der Waals surface area contributed by atoms with E-state index in [2.05, 4.69) is 5.32 Å². The van der Waals surface area contributed by atoms with Crippen LogP contribution in [-0.2, 0) is 20.9 Å². The molecule has 0 spiro atoms. The summed E-state index contributed by atoms with van der Waals surface area (Å²) in [5.74, 6) is -0.883. The number of carbonyl (C=O) groups excluding carboxylic acids is 3. The zero-order valence-electron chi connectivity index (χ0n) is 15.3. The maximum absolute atomic E-state index is 14.1. The van der Waals surface area contributed by atoms with Crippen molar-refractivity contribution in [2.45, 2.75) is 51.1 Å². The summed E-state index contributed by atoms with van der Waals surface area (Å²) in [6.45, 7) is -0.0853. The lowest BCUT2D eigenvalue weighted by atomic mass is 9.95. The van der Waals surface area contributed by atoms with E-state index in [4.69, 9.17) is 0 Å². The highest BCUT2D eigenvalue weighted by Gasteiger charge is 2.33. The minimum atomic E-state index is -0.434. The number of nitrogens with zero attached hydrogens (tertiary/aromatic N) is 1. The van der Waals surface area contributed by atoms with Crippen molar-refractivity contribution in [2.24, 2.45) is 5.92 Å². The molecule has 2 amide bonds. The van der Waals surface area contributed by atoms with Gasteiger partial charge in [-0.05, 0) is 18.9 Å². The molecule has 0 aromatic heterocycles. The van der Waals surface area contributed by atoms with Crippen LogP contribution in [-0.4, -0.2) is 40.2 Å². The summed E-state index contributed by atoms with van der Waals surface area (Å²) in [6, 6.07) is 6.41. The highest BCUT2D eigenvalue weighted by Crippen LogP contribution is 2.27. The Morgan fingerprint density at radius 2 is 1.93 bits per heavy atom. The first-order valence-electron chi connectivity index (χ1n) is 9.50. The van der Waals surface area contributed by atoms with E-state index in [1.165, 1.54) is 17.4 Å². The number of nitrogens with one attached hydrogen (secondary N) is 1. The summed E-state index contributed by atoms with van der Waals surface area (Å²) >= 11 is 1.15. The van der Waals surface area contributed by atoms with E-state index >= 15 is 0 Å². The smallest absolute Gasteiger partial charge is 0.239 e. The third kappa shape index (κ3) is 5.54. The Balaban J connectivity index is 1.68. The normalized spacial score (nSPS) is 20.5. The molecule has 2 aliphatic rings. The van der Waals surface area contributed by atoms with Crippen LogP contribution in [0.3, 0.4) is 0 Å². The lowest BCUT2D eigenvalue weighted by molar-refractivity contribution is -0.140. The van der Waals surface area contributed by atoms with Gasteiger partial charge in [-0.15, -0.1) is 0 Å². The summed E-state index contributed by atoms with van der Waals surface area (Å²) in [5.41, 5.74) is 0.369. The van der Waals surface area contributed by atoms with Crippen molar-refractivity contribution in [2.75, 3.05) is 12.3 Å². The summed E-state index contributed by atoms with van der Waals surface area (Å²) in [4.78, 5) is 38.3. The third-order valence-corrected chi connectivity index (χ3v) is 6.20. The van der Waals surface area contributed by atoms with Gasteiger partial charge in [0.2, 0.25) is 11.8 Å². The van der Waals surface area contributed by atoms with Gasteiger partial charge in [0.25, 0.3) is 0 Å². The van der Waals surface area contributed by atoms with Crippen LogP contribution in [0, 0.1) is 11.7 Å². The molecular weight excluding hydrogens is 367 g/mol. The van der Waals surface area contributed by atoms with Crippen LogP contribution in [0.25, 0.3) is 0 Å². The summed E-state index contributed by atoms with van der Waals surface area (Å²) < 4.78 is 14.1. The number of hydrogen-bond acceptors (Lipinski definition) is 4. The number of amides is 2. The van der Waals surface area contributed by atoms with Gasteiger partial charge in [-0.3, -0.25) is 14.4 Å². The number of carbonyl (C=O) groups is 3. The molecule has 1 aromatic carbocycles. The molecule has 1 aromatic rings. The predicted molar refractivity (Wildman–Crippen MR) is 102 cm³/mol. The van der Waals surface area contributed by atoms with Crippen LogP contribution >= 0.6 is 11.8 Å². The molecule has 1 aliphatic carbocycles. The summed E-state index contributed by atoms with van der Waals surface area (Å²) in [7, 11) is 0. The first kappa shape index (κ1) is 19.9. The molecular formula is C20H25FN2O3S. The quantitative estimate of drug-likeness (QED) is 0.808. The van der Waals surface area contributed by atoms with Gasteiger partial charge in [-0.25, -0.2) is 4.39 Å². The molecule has 5 nitrogen and oxygen atoms in total. The van der Waals surface area contributed by atoms with Crippen LogP contribution in [0.4, 0.5) is 4.39 Å². The van der Waals surface area contributed by atoms with Crippen LogP contribution < -0.4 is 5.32 Å². The van der Waals surface area contributed by atoms with Crippen molar-refractivity contribution in [3.8, 4) is 0 Å². The molecule has 27 heavy (non-hydrogen) atoms. The lowest BCUT2D eigenvalue weighted by Crippen LogP contribution is -2.46. The van der Waals surface area contributed by atoms with E-state index in [0.29, 0.717) is 11.3 Å². The molecule has 146 valence electrons. The minimum absolute atomic E-state index is 0.00847. The largest absolute Gasteiger partial charge is 0.352 e. The number of thioether (sulfide) groups is 1. The van der Waals surface area contributed by atoms with E-state index < -0.39 is 11.7 Å². The number of hydrogen-bond donors (Lipinski definition) is 1. The Morgan fingerprint density at radius 3 is 2.59 bits per heavy atom. The first-order valence-corrected chi connectivity index (χ1v) is 10.5. The number of rotatable bonds is 6. The van der Waals surface area contributed by atoms with E-state index in [0.717, 1.165) is 37.4 Å². The fourth-order valence-electron chi connectivity index (χ4n) is 3.67. The maximum Gasteiger partial charge on any atom is 0.239 e. The standard InChI is InChI=1S/C20H25FN2O3S/c21-17-9-5-4-6-14(17)11-23(20(26)15-10-19(25)27-13-15)12-18(24)22-16-7-2-1-3-8-16/h4-6,9,15-16H,1-3,7-8,10-13H2,(H,22,24)/t15-/m0/s1. The fourth-order valence-corrected chi connectivity index (χ4v) is 4.63.